The first kappa shape index (κ1) is 23.0. The van der Waals surface area contributed by atoms with Crippen LogP contribution in [0.4, 0.5) is 4.79 Å². The van der Waals surface area contributed by atoms with Crippen LogP contribution in [-0.2, 0) is 19.1 Å². The van der Waals surface area contributed by atoms with E-state index in [0.29, 0.717) is 5.76 Å². The number of hydrogen-bond donors (Lipinski definition) is 2. The van der Waals surface area contributed by atoms with E-state index in [4.69, 9.17) is 13.9 Å². The fourth-order valence-electron chi connectivity index (χ4n) is 2.96. The van der Waals surface area contributed by atoms with E-state index >= 15 is 0 Å². The number of benzene rings is 1. The first-order valence-corrected chi connectivity index (χ1v) is 11.2. The second kappa shape index (κ2) is 10.5. The zero-order valence-corrected chi connectivity index (χ0v) is 19.3. The van der Waals surface area contributed by atoms with Crippen molar-refractivity contribution in [3.63, 3.8) is 0 Å². The van der Waals surface area contributed by atoms with E-state index in [1.165, 1.54) is 18.0 Å². The predicted octanol–water partition coefficient (Wildman–Crippen LogP) is 3.86. The summed E-state index contributed by atoms with van der Waals surface area (Å²) in [5, 5.41) is 5.17. The summed E-state index contributed by atoms with van der Waals surface area (Å²) in [5.74, 6) is -0.672. The number of halogens is 1. The molecule has 31 heavy (non-hydrogen) atoms. The third-order valence-electron chi connectivity index (χ3n) is 4.34. The van der Waals surface area contributed by atoms with Gasteiger partial charge in [0.05, 0.1) is 29.9 Å². The van der Waals surface area contributed by atoms with Gasteiger partial charge in [-0.25, -0.2) is 9.59 Å². The minimum Gasteiger partial charge on any atom is -0.467 e. The van der Waals surface area contributed by atoms with Crippen molar-refractivity contribution in [3.8, 4) is 0 Å². The Hall–Kier alpha value is -2.72. The number of furan rings is 1. The maximum absolute atomic E-state index is 12.6. The Morgan fingerprint density at radius 3 is 2.74 bits per heavy atom. The van der Waals surface area contributed by atoms with Gasteiger partial charge in [0.2, 0.25) is 0 Å². The van der Waals surface area contributed by atoms with Gasteiger partial charge in [-0.15, -0.1) is 11.8 Å². The minimum atomic E-state index is -0.851. The topological polar surface area (TPSA) is 107 Å². The molecule has 0 aliphatic carbocycles. The van der Waals surface area contributed by atoms with Crippen molar-refractivity contribution in [2.24, 2.45) is 0 Å². The van der Waals surface area contributed by atoms with Crippen LogP contribution < -0.4 is 10.6 Å². The standard InChI is InChI=1S/C21H21BrN2O6S/c1-3-28-20(26)18-14(23-21(27)24-19(18)15-5-4-8-29-15)10-30-17(25)11-31-16-7-6-13(22)9-12(16)2/h4-9,19H,3,10-11H2,1-2H3,(H2,23,24,27). The molecule has 8 nitrogen and oxygen atoms in total. The van der Waals surface area contributed by atoms with Gasteiger partial charge < -0.3 is 24.5 Å². The molecule has 164 valence electrons. The number of aryl methyl sites for hydroxylation is 1. The van der Waals surface area contributed by atoms with Crippen molar-refractivity contribution >= 4 is 45.7 Å². The molecular formula is C21H21BrN2O6S. The molecule has 1 unspecified atom stereocenters. The molecule has 0 saturated heterocycles. The van der Waals surface area contributed by atoms with Crippen molar-refractivity contribution in [1.29, 1.82) is 0 Å². The highest BCUT2D eigenvalue weighted by atomic mass is 79.9. The molecule has 3 rings (SSSR count). The normalized spacial score (nSPS) is 15.8. The lowest BCUT2D eigenvalue weighted by atomic mass is 10.0. The average molecular weight is 509 g/mol. The Balaban J connectivity index is 1.72. The lowest BCUT2D eigenvalue weighted by molar-refractivity contribution is -0.141. The number of thioether (sulfide) groups is 1. The Morgan fingerprint density at radius 2 is 2.06 bits per heavy atom. The van der Waals surface area contributed by atoms with Crippen LogP contribution in [-0.4, -0.2) is 36.9 Å². The molecule has 1 aromatic carbocycles. The van der Waals surface area contributed by atoms with Crippen molar-refractivity contribution < 1.29 is 28.3 Å². The van der Waals surface area contributed by atoms with Crippen molar-refractivity contribution in [2.45, 2.75) is 24.8 Å². The molecule has 1 aliphatic heterocycles. The summed E-state index contributed by atoms with van der Waals surface area (Å²) in [6.45, 7) is 3.50. The second-order valence-corrected chi connectivity index (χ2v) is 8.45. The number of urea groups is 1. The maximum atomic E-state index is 12.6. The van der Waals surface area contributed by atoms with E-state index in [9.17, 15) is 14.4 Å². The fraction of sp³-hybridized carbons (Fsp3) is 0.286. The number of ether oxygens (including phenoxy) is 2. The second-order valence-electron chi connectivity index (χ2n) is 6.52. The molecule has 2 aromatic rings. The highest BCUT2D eigenvalue weighted by Crippen LogP contribution is 2.29. The van der Waals surface area contributed by atoms with E-state index in [1.54, 1.807) is 19.1 Å². The summed E-state index contributed by atoms with van der Waals surface area (Å²) in [4.78, 5) is 38.0. The summed E-state index contributed by atoms with van der Waals surface area (Å²) in [6.07, 6.45) is 1.44. The zero-order valence-electron chi connectivity index (χ0n) is 16.9. The number of hydrogen-bond acceptors (Lipinski definition) is 7. The first-order chi connectivity index (χ1) is 14.9. The third-order valence-corrected chi connectivity index (χ3v) is 5.98. The average Bonchev–Trinajstić information content (AvgIpc) is 3.26. The molecule has 1 aromatic heterocycles. The van der Waals surface area contributed by atoms with Crippen molar-refractivity contribution in [3.05, 3.63) is 63.7 Å². The van der Waals surface area contributed by atoms with E-state index in [2.05, 4.69) is 26.6 Å². The number of amides is 2. The Morgan fingerprint density at radius 1 is 1.26 bits per heavy atom. The Labute approximate surface area is 191 Å². The van der Waals surface area contributed by atoms with Gasteiger partial charge >= 0.3 is 18.0 Å². The summed E-state index contributed by atoms with van der Waals surface area (Å²) in [6, 6.07) is 7.67. The van der Waals surface area contributed by atoms with E-state index in [-0.39, 0.29) is 30.2 Å². The van der Waals surface area contributed by atoms with Gasteiger partial charge in [-0.05, 0) is 49.7 Å². The summed E-state index contributed by atoms with van der Waals surface area (Å²) in [5.41, 5.74) is 1.31. The molecule has 0 spiro atoms. The van der Waals surface area contributed by atoms with Gasteiger partial charge in [0, 0.05) is 9.37 Å². The highest BCUT2D eigenvalue weighted by molar-refractivity contribution is 9.10. The molecule has 0 radical (unpaired) electrons. The molecular weight excluding hydrogens is 488 g/mol. The number of carbonyl (C=O) groups excluding carboxylic acids is 3. The Bertz CT molecular complexity index is 1010. The highest BCUT2D eigenvalue weighted by Gasteiger charge is 2.35. The number of esters is 2. The summed E-state index contributed by atoms with van der Waals surface area (Å²) >= 11 is 4.75. The maximum Gasteiger partial charge on any atom is 0.338 e. The number of carbonyl (C=O) groups is 3. The molecule has 10 heteroatoms. The minimum absolute atomic E-state index is 0.0816. The Kier molecular flexibility index (Phi) is 7.80. The van der Waals surface area contributed by atoms with Crippen molar-refractivity contribution in [1.82, 2.24) is 10.6 Å². The largest absolute Gasteiger partial charge is 0.467 e. The predicted molar refractivity (Wildman–Crippen MR) is 117 cm³/mol. The number of nitrogens with one attached hydrogen (secondary N) is 2. The van der Waals surface area contributed by atoms with Gasteiger partial charge in [0.1, 0.15) is 18.4 Å². The van der Waals surface area contributed by atoms with Crippen LogP contribution in [0.5, 0.6) is 0 Å². The molecule has 2 heterocycles. The van der Waals surface area contributed by atoms with Crippen LogP contribution >= 0.6 is 27.7 Å². The van der Waals surface area contributed by atoms with E-state index in [1.807, 2.05) is 25.1 Å². The van der Waals surface area contributed by atoms with Crippen LogP contribution in [0.15, 0.2) is 61.7 Å². The number of rotatable bonds is 8. The quantitative estimate of drug-likeness (QED) is 0.411. The van der Waals surface area contributed by atoms with Crippen LogP contribution in [0.25, 0.3) is 0 Å². The molecule has 1 aliphatic rings. The van der Waals surface area contributed by atoms with Crippen molar-refractivity contribution in [2.75, 3.05) is 19.0 Å². The van der Waals surface area contributed by atoms with Crippen LogP contribution in [0.1, 0.15) is 24.3 Å². The van der Waals surface area contributed by atoms with E-state index < -0.39 is 24.0 Å². The fourth-order valence-corrected chi connectivity index (χ4v) is 4.24. The molecule has 0 saturated carbocycles. The lowest BCUT2D eigenvalue weighted by Crippen LogP contribution is -2.47. The molecule has 2 N–H and O–H groups in total. The SMILES string of the molecule is CCOC(=O)C1=C(COC(=O)CSc2ccc(Br)cc2C)NC(=O)NC1c1ccco1. The van der Waals surface area contributed by atoms with Crippen LogP contribution in [0.3, 0.4) is 0 Å². The van der Waals surface area contributed by atoms with Crippen LogP contribution in [0, 0.1) is 6.92 Å². The van der Waals surface area contributed by atoms with Gasteiger partial charge in [-0.2, -0.15) is 0 Å². The van der Waals surface area contributed by atoms with Gasteiger partial charge in [-0.1, -0.05) is 15.9 Å². The lowest BCUT2D eigenvalue weighted by Gasteiger charge is -2.27. The van der Waals surface area contributed by atoms with Gasteiger partial charge in [0.15, 0.2) is 0 Å². The third kappa shape index (κ3) is 5.92. The zero-order chi connectivity index (χ0) is 22.4. The summed E-state index contributed by atoms with van der Waals surface area (Å²) in [7, 11) is 0. The van der Waals surface area contributed by atoms with Gasteiger partial charge in [0.25, 0.3) is 0 Å². The molecule has 2 amide bonds. The molecule has 0 fully saturated rings. The monoisotopic (exact) mass is 508 g/mol. The van der Waals surface area contributed by atoms with E-state index in [0.717, 1.165) is 14.9 Å². The smallest absolute Gasteiger partial charge is 0.338 e. The first-order valence-electron chi connectivity index (χ1n) is 9.44. The molecule has 0 bridgehead atoms. The van der Waals surface area contributed by atoms with Gasteiger partial charge in [-0.3, -0.25) is 4.79 Å². The van der Waals surface area contributed by atoms with Crippen LogP contribution in [0.2, 0.25) is 0 Å². The molecule has 1 atom stereocenters. The summed E-state index contributed by atoms with van der Waals surface area (Å²) < 4.78 is 16.8.